The fraction of sp³-hybridized carbons (Fsp3) is 0. The van der Waals surface area contributed by atoms with E-state index in [1.165, 1.54) is 11.3 Å². The molecule has 1 aromatic carbocycles. The third-order valence-electron chi connectivity index (χ3n) is 2.55. The SMILES string of the molecule is O=S(=O)(c1cc2ccccc2[nH]1)c1cccs1. The molecular weight excluding hydrogens is 254 g/mol. The van der Waals surface area contributed by atoms with E-state index in [9.17, 15) is 8.42 Å². The molecule has 0 aliphatic rings. The van der Waals surface area contributed by atoms with E-state index in [-0.39, 0.29) is 5.03 Å². The van der Waals surface area contributed by atoms with E-state index in [0.29, 0.717) is 4.21 Å². The fourth-order valence-electron chi connectivity index (χ4n) is 1.72. The molecule has 0 amide bonds. The summed E-state index contributed by atoms with van der Waals surface area (Å²) >= 11 is 1.23. The summed E-state index contributed by atoms with van der Waals surface area (Å²) in [7, 11) is -3.39. The number of rotatable bonds is 2. The standard InChI is InChI=1S/C12H9NO2S2/c14-17(15,12-6-3-7-16-12)11-8-9-4-1-2-5-10(9)13-11/h1-8,13H. The van der Waals surface area contributed by atoms with Gasteiger partial charge in [-0.3, -0.25) is 0 Å². The summed E-state index contributed by atoms with van der Waals surface area (Å²) in [5, 5.41) is 2.92. The van der Waals surface area contributed by atoms with Crippen molar-refractivity contribution in [1.82, 2.24) is 4.98 Å². The van der Waals surface area contributed by atoms with Crippen molar-refractivity contribution in [3.8, 4) is 0 Å². The maximum Gasteiger partial charge on any atom is 0.231 e. The van der Waals surface area contributed by atoms with Gasteiger partial charge in [-0.2, -0.15) is 0 Å². The van der Waals surface area contributed by atoms with Crippen LogP contribution in [0.15, 0.2) is 57.1 Å². The van der Waals surface area contributed by atoms with Gasteiger partial charge in [-0.15, -0.1) is 11.3 Å². The molecule has 0 aliphatic carbocycles. The number of fused-ring (bicyclic) bond motifs is 1. The van der Waals surface area contributed by atoms with E-state index in [0.717, 1.165) is 10.9 Å². The van der Waals surface area contributed by atoms with Crippen molar-refractivity contribution < 1.29 is 8.42 Å². The minimum absolute atomic E-state index is 0.251. The maximum absolute atomic E-state index is 12.2. The highest BCUT2D eigenvalue weighted by Crippen LogP contribution is 2.26. The van der Waals surface area contributed by atoms with Gasteiger partial charge in [-0.05, 0) is 23.6 Å². The number of hydrogen-bond acceptors (Lipinski definition) is 3. The number of nitrogens with one attached hydrogen (secondary N) is 1. The molecule has 0 saturated carbocycles. The van der Waals surface area contributed by atoms with Gasteiger partial charge in [0.15, 0.2) is 0 Å². The molecule has 0 fully saturated rings. The molecule has 3 aromatic rings. The minimum atomic E-state index is -3.39. The van der Waals surface area contributed by atoms with E-state index in [1.807, 2.05) is 24.3 Å². The Hall–Kier alpha value is -1.59. The van der Waals surface area contributed by atoms with E-state index in [1.54, 1.807) is 23.6 Å². The lowest BCUT2D eigenvalue weighted by Gasteiger charge is -1.96. The number of benzene rings is 1. The molecule has 0 saturated heterocycles. The molecule has 0 aliphatic heterocycles. The molecule has 1 N–H and O–H groups in total. The number of sulfone groups is 1. The third kappa shape index (κ3) is 1.67. The molecule has 3 rings (SSSR count). The van der Waals surface area contributed by atoms with Gasteiger partial charge in [0.2, 0.25) is 9.84 Å². The summed E-state index contributed by atoms with van der Waals surface area (Å²) < 4.78 is 24.9. The van der Waals surface area contributed by atoms with Crippen LogP contribution in [0.2, 0.25) is 0 Å². The highest BCUT2D eigenvalue weighted by atomic mass is 32.2. The number of para-hydroxylation sites is 1. The quantitative estimate of drug-likeness (QED) is 0.772. The zero-order valence-electron chi connectivity index (χ0n) is 8.75. The predicted molar refractivity (Wildman–Crippen MR) is 68.1 cm³/mol. The molecule has 0 atom stereocenters. The monoisotopic (exact) mass is 263 g/mol. The number of aromatic amines is 1. The largest absolute Gasteiger partial charge is 0.345 e. The first-order chi connectivity index (χ1) is 8.18. The number of H-pyrrole nitrogens is 1. The van der Waals surface area contributed by atoms with Crippen molar-refractivity contribution >= 4 is 32.1 Å². The van der Waals surface area contributed by atoms with Crippen LogP contribution in [0.3, 0.4) is 0 Å². The summed E-state index contributed by atoms with van der Waals surface area (Å²) in [5.74, 6) is 0. The van der Waals surface area contributed by atoms with Crippen molar-refractivity contribution in [3.63, 3.8) is 0 Å². The summed E-state index contributed by atoms with van der Waals surface area (Å²) in [6.07, 6.45) is 0. The van der Waals surface area contributed by atoms with Gasteiger partial charge in [0.05, 0.1) is 0 Å². The Morgan fingerprint density at radius 3 is 2.59 bits per heavy atom. The molecule has 0 spiro atoms. The lowest BCUT2D eigenvalue weighted by molar-refractivity contribution is 0.595. The summed E-state index contributed by atoms with van der Waals surface area (Å²) in [6.45, 7) is 0. The van der Waals surface area contributed by atoms with Gasteiger partial charge in [0, 0.05) is 10.9 Å². The second kappa shape index (κ2) is 3.72. The van der Waals surface area contributed by atoms with E-state index in [4.69, 9.17) is 0 Å². The van der Waals surface area contributed by atoms with Gasteiger partial charge in [-0.1, -0.05) is 24.3 Å². The van der Waals surface area contributed by atoms with Crippen molar-refractivity contribution in [2.24, 2.45) is 0 Å². The normalized spacial score (nSPS) is 12.0. The molecule has 2 aromatic heterocycles. The van der Waals surface area contributed by atoms with Gasteiger partial charge >= 0.3 is 0 Å². The van der Waals surface area contributed by atoms with Crippen LogP contribution in [0.5, 0.6) is 0 Å². The Labute approximate surface area is 103 Å². The lowest BCUT2D eigenvalue weighted by atomic mass is 10.3. The maximum atomic E-state index is 12.2. The van der Waals surface area contributed by atoms with Crippen LogP contribution >= 0.6 is 11.3 Å². The minimum Gasteiger partial charge on any atom is -0.345 e. The van der Waals surface area contributed by atoms with Crippen LogP contribution in [0, 0.1) is 0 Å². The van der Waals surface area contributed by atoms with Crippen molar-refractivity contribution in [3.05, 3.63) is 47.8 Å². The Morgan fingerprint density at radius 2 is 1.88 bits per heavy atom. The molecule has 0 unspecified atom stereocenters. The lowest BCUT2D eigenvalue weighted by Crippen LogP contribution is -1.99. The third-order valence-corrected chi connectivity index (χ3v) is 5.63. The van der Waals surface area contributed by atoms with Gasteiger partial charge in [0.1, 0.15) is 9.24 Å². The Kier molecular flexibility index (Phi) is 2.31. The Morgan fingerprint density at radius 1 is 1.06 bits per heavy atom. The smallest absolute Gasteiger partial charge is 0.231 e. The summed E-state index contributed by atoms with van der Waals surface area (Å²) in [6, 6.07) is 12.5. The van der Waals surface area contributed by atoms with Gasteiger partial charge < -0.3 is 4.98 Å². The molecule has 17 heavy (non-hydrogen) atoms. The zero-order valence-corrected chi connectivity index (χ0v) is 10.4. The average molecular weight is 263 g/mol. The predicted octanol–water partition coefficient (Wildman–Crippen LogP) is 3.06. The van der Waals surface area contributed by atoms with Crippen LogP contribution in [-0.2, 0) is 9.84 Å². The van der Waals surface area contributed by atoms with Crippen LogP contribution < -0.4 is 0 Å². The first-order valence-electron chi connectivity index (χ1n) is 5.04. The highest BCUT2D eigenvalue weighted by molar-refractivity contribution is 7.93. The van der Waals surface area contributed by atoms with E-state index in [2.05, 4.69) is 4.98 Å². The van der Waals surface area contributed by atoms with E-state index >= 15 is 0 Å². The van der Waals surface area contributed by atoms with E-state index < -0.39 is 9.84 Å². The van der Waals surface area contributed by atoms with Crippen LogP contribution in [0.4, 0.5) is 0 Å². The topological polar surface area (TPSA) is 49.9 Å². The molecule has 2 heterocycles. The van der Waals surface area contributed by atoms with Crippen LogP contribution in [-0.4, -0.2) is 13.4 Å². The van der Waals surface area contributed by atoms with Crippen molar-refractivity contribution in [2.75, 3.05) is 0 Å². The van der Waals surface area contributed by atoms with Gasteiger partial charge in [0.25, 0.3) is 0 Å². The zero-order chi connectivity index (χ0) is 11.9. The Balaban J connectivity index is 2.22. The van der Waals surface area contributed by atoms with Crippen molar-refractivity contribution in [2.45, 2.75) is 9.24 Å². The molecule has 86 valence electrons. The highest BCUT2D eigenvalue weighted by Gasteiger charge is 2.20. The summed E-state index contributed by atoms with van der Waals surface area (Å²) in [4.78, 5) is 2.94. The molecule has 5 heteroatoms. The van der Waals surface area contributed by atoms with Crippen LogP contribution in [0.25, 0.3) is 10.9 Å². The average Bonchev–Trinajstić information content (AvgIpc) is 2.98. The summed E-state index contributed by atoms with van der Waals surface area (Å²) in [5.41, 5.74) is 0.836. The van der Waals surface area contributed by atoms with Gasteiger partial charge in [-0.25, -0.2) is 8.42 Å². The van der Waals surface area contributed by atoms with Crippen molar-refractivity contribution in [1.29, 1.82) is 0 Å². The van der Waals surface area contributed by atoms with Crippen LogP contribution in [0.1, 0.15) is 0 Å². The molecule has 0 bridgehead atoms. The first kappa shape index (κ1) is 10.6. The second-order valence-electron chi connectivity index (χ2n) is 3.66. The first-order valence-corrected chi connectivity index (χ1v) is 7.40. The number of thiophene rings is 1. The fourth-order valence-corrected chi connectivity index (χ4v) is 4.11. The second-order valence-corrected chi connectivity index (χ2v) is 6.75. The number of hydrogen-bond donors (Lipinski definition) is 1. The molecular formula is C12H9NO2S2. The Bertz CT molecular complexity index is 722. The molecule has 0 radical (unpaired) electrons. The molecule has 3 nitrogen and oxygen atoms in total. The number of aromatic nitrogens is 1.